The number of nitrogens with one attached hydrogen (secondary N) is 1. The number of carbonyl (C=O) groups is 2. The van der Waals surface area contributed by atoms with E-state index in [4.69, 9.17) is 9.47 Å². The smallest absolute Gasteiger partial charge is 0.328 e. The van der Waals surface area contributed by atoms with E-state index in [2.05, 4.69) is 5.32 Å². The third-order valence-electron chi connectivity index (χ3n) is 4.89. The Morgan fingerprint density at radius 1 is 1.06 bits per heavy atom. The summed E-state index contributed by atoms with van der Waals surface area (Å²) in [5, 5.41) is 2.52. The lowest BCUT2D eigenvalue weighted by Gasteiger charge is -2.38. The van der Waals surface area contributed by atoms with E-state index in [1.54, 1.807) is 24.3 Å². The van der Waals surface area contributed by atoms with Crippen molar-refractivity contribution in [3.8, 4) is 5.75 Å². The summed E-state index contributed by atoms with van der Waals surface area (Å²) in [6.45, 7) is -0.596. The third-order valence-corrected chi connectivity index (χ3v) is 7.45. The second-order valence-electron chi connectivity index (χ2n) is 7.15. The summed E-state index contributed by atoms with van der Waals surface area (Å²) in [6, 6.07) is 4.41. The maximum absolute atomic E-state index is 13.0. The zero-order chi connectivity index (χ0) is 23.4. The van der Waals surface area contributed by atoms with Crippen molar-refractivity contribution in [2.75, 3.05) is 46.4 Å². The molecule has 1 amide bonds. The van der Waals surface area contributed by atoms with Gasteiger partial charge in [-0.15, -0.1) is 0 Å². The monoisotopic (exact) mass is 477 g/mol. The number of hydrogen-bond donors (Lipinski definition) is 1. The molecule has 0 aliphatic carbocycles. The highest BCUT2D eigenvalue weighted by molar-refractivity contribution is 7.88. The lowest BCUT2D eigenvalue weighted by molar-refractivity contribution is -0.145. The van der Waals surface area contributed by atoms with E-state index in [-0.39, 0.29) is 26.1 Å². The molecule has 0 saturated carbocycles. The van der Waals surface area contributed by atoms with Crippen LogP contribution in [0.3, 0.4) is 0 Å². The van der Waals surface area contributed by atoms with Gasteiger partial charge in [-0.25, -0.2) is 21.6 Å². The van der Waals surface area contributed by atoms with E-state index in [0.717, 1.165) is 21.1 Å². The molecule has 0 unspecified atom stereocenters. The van der Waals surface area contributed by atoms with Crippen molar-refractivity contribution >= 4 is 31.9 Å². The Balaban J connectivity index is 2.26. The molecule has 1 aromatic rings. The third kappa shape index (κ3) is 6.63. The van der Waals surface area contributed by atoms with Crippen LogP contribution in [0, 0.1) is 0 Å². The molecule has 1 saturated heterocycles. The fraction of sp³-hybridized carbons (Fsp3) is 0.556. The first-order valence-corrected chi connectivity index (χ1v) is 13.0. The fourth-order valence-electron chi connectivity index (χ4n) is 3.25. The van der Waals surface area contributed by atoms with Crippen molar-refractivity contribution in [2.24, 2.45) is 0 Å². The van der Waals surface area contributed by atoms with Crippen LogP contribution in [0.25, 0.3) is 0 Å². The molecule has 0 aromatic heterocycles. The van der Waals surface area contributed by atoms with E-state index in [1.165, 1.54) is 14.2 Å². The maximum atomic E-state index is 13.0. The van der Waals surface area contributed by atoms with Gasteiger partial charge in [0.25, 0.3) is 0 Å². The summed E-state index contributed by atoms with van der Waals surface area (Å²) in [4.78, 5) is 25.2. The largest absolute Gasteiger partial charge is 0.497 e. The lowest BCUT2D eigenvalue weighted by Crippen LogP contribution is -2.62. The molecular formula is C18H27N3O8S2. The summed E-state index contributed by atoms with van der Waals surface area (Å²) in [5.74, 6) is -0.886. The molecule has 1 heterocycles. The molecule has 1 aliphatic rings. The standard InChI is InChI=1S/C18H27N3O8S2/c1-28-14-7-5-13(6-8-14)11-15(18(23)29-2)19-17(22)16-12-20(30(3,24)25)9-10-21(16)31(4,26)27/h5-8,15-16H,9-12H2,1-4H3,(H,19,22)/t15-,16-/m0/s1. The van der Waals surface area contributed by atoms with Crippen molar-refractivity contribution in [1.82, 2.24) is 13.9 Å². The maximum Gasteiger partial charge on any atom is 0.328 e. The van der Waals surface area contributed by atoms with Crippen LogP contribution < -0.4 is 10.1 Å². The number of rotatable bonds is 8. The van der Waals surface area contributed by atoms with Crippen molar-refractivity contribution < 1.29 is 35.9 Å². The predicted molar refractivity (Wildman–Crippen MR) is 112 cm³/mol. The molecule has 11 nitrogen and oxygen atoms in total. The van der Waals surface area contributed by atoms with Crippen molar-refractivity contribution in [1.29, 1.82) is 0 Å². The Morgan fingerprint density at radius 2 is 1.68 bits per heavy atom. The van der Waals surface area contributed by atoms with Crippen LogP contribution >= 0.6 is 0 Å². The average molecular weight is 478 g/mol. The molecule has 174 valence electrons. The highest BCUT2D eigenvalue weighted by Gasteiger charge is 2.41. The molecule has 31 heavy (non-hydrogen) atoms. The summed E-state index contributed by atoms with van der Waals surface area (Å²) < 4.78 is 60.0. The van der Waals surface area contributed by atoms with Crippen molar-refractivity contribution in [2.45, 2.75) is 18.5 Å². The van der Waals surface area contributed by atoms with Gasteiger partial charge in [0.15, 0.2) is 0 Å². The minimum Gasteiger partial charge on any atom is -0.497 e. The van der Waals surface area contributed by atoms with Gasteiger partial charge in [-0.05, 0) is 17.7 Å². The normalized spacial score (nSPS) is 19.4. The summed E-state index contributed by atoms with van der Waals surface area (Å²) in [7, 11) is -4.74. The number of benzene rings is 1. The van der Waals surface area contributed by atoms with E-state index in [0.29, 0.717) is 11.3 Å². The van der Waals surface area contributed by atoms with Gasteiger partial charge >= 0.3 is 5.97 Å². The Bertz CT molecular complexity index is 1010. The van der Waals surface area contributed by atoms with Crippen LogP contribution in [0.4, 0.5) is 0 Å². The van der Waals surface area contributed by atoms with Gasteiger partial charge in [0.05, 0.1) is 26.7 Å². The highest BCUT2D eigenvalue weighted by Crippen LogP contribution is 2.17. The number of sulfonamides is 2. The Kier molecular flexibility index (Phi) is 8.03. The SMILES string of the molecule is COC(=O)[C@H](Cc1ccc(OC)cc1)NC(=O)[C@@H]1CN(S(C)(=O)=O)CCN1S(C)(=O)=O. The molecule has 0 radical (unpaired) electrons. The first-order valence-electron chi connectivity index (χ1n) is 9.30. The minimum absolute atomic E-state index is 0.0675. The van der Waals surface area contributed by atoms with Gasteiger partial charge in [0, 0.05) is 26.1 Å². The molecule has 1 aromatic carbocycles. The highest BCUT2D eigenvalue weighted by atomic mass is 32.2. The van der Waals surface area contributed by atoms with Crippen LogP contribution in [-0.4, -0.2) is 95.8 Å². The zero-order valence-corrected chi connectivity index (χ0v) is 19.4. The van der Waals surface area contributed by atoms with Crippen LogP contribution in [0.2, 0.25) is 0 Å². The first-order chi connectivity index (χ1) is 14.4. The molecule has 13 heteroatoms. The molecule has 1 N–H and O–H groups in total. The molecule has 1 aliphatic heterocycles. The van der Waals surface area contributed by atoms with E-state index >= 15 is 0 Å². The molecule has 0 spiro atoms. The summed E-state index contributed by atoms with van der Waals surface area (Å²) in [6.07, 6.45) is 2.02. The van der Waals surface area contributed by atoms with E-state index < -0.39 is 44.0 Å². The number of piperazine rings is 1. The van der Waals surface area contributed by atoms with Crippen LogP contribution in [-0.2, 0) is 40.8 Å². The van der Waals surface area contributed by atoms with Gasteiger partial charge in [-0.3, -0.25) is 4.79 Å². The molecule has 2 atom stereocenters. The van der Waals surface area contributed by atoms with Crippen LogP contribution in [0.5, 0.6) is 5.75 Å². The summed E-state index contributed by atoms with van der Waals surface area (Å²) in [5.41, 5.74) is 0.706. The van der Waals surface area contributed by atoms with Crippen LogP contribution in [0.15, 0.2) is 24.3 Å². The Hall–Kier alpha value is -2.22. The Morgan fingerprint density at radius 3 is 2.16 bits per heavy atom. The second-order valence-corrected chi connectivity index (χ2v) is 11.1. The summed E-state index contributed by atoms with van der Waals surface area (Å²) >= 11 is 0. The second kappa shape index (κ2) is 9.94. The first kappa shape index (κ1) is 25.0. The van der Waals surface area contributed by atoms with E-state index in [9.17, 15) is 26.4 Å². The van der Waals surface area contributed by atoms with Crippen LogP contribution in [0.1, 0.15) is 5.56 Å². The lowest BCUT2D eigenvalue weighted by atomic mass is 10.0. The molecule has 0 bridgehead atoms. The number of carbonyl (C=O) groups excluding carboxylic acids is 2. The number of ether oxygens (including phenoxy) is 2. The Labute approximate surface area is 182 Å². The fourth-order valence-corrected chi connectivity index (χ4v) is 5.12. The average Bonchev–Trinajstić information content (AvgIpc) is 2.71. The van der Waals surface area contributed by atoms with Gasteiger partial charge in [-0.2, -0.15) is 8.61 Å². The topological polar surface area (TPSA) is 139 Å². The van der Waals surface area contributed by atoms with Gasteiger partial charge in [0.2, 0.25) is 26.0 Å². The van der Waals surface area contributed by atoms with Gasteiger partial charge < -0.3 is 14.8 Å². The zero-order valence-electron chi connectivity index (χ0n) is 17.8. The number of methoxy groups -OCH3 is 2. The number of nitrogens with zero attached hydrogens (tertiary/aromatic N) is 2. The minimum atomic E-state index is -3.80. The quantitative estimate of drug-likeness (QED) is 0.461. The number of hydrogen-bond acceptors (Lipinski definition) is 8. The van der Waals surface area contributed by atoms with E-state index in [1.807, 2.05) is 0 Å². The van der Waals surface area contributed by atoms with Gasteiger partial charge in [-0.1, -0.05) is 12.1 Å². The molecule has 2 rings (SSSR count). The molecular weight excluding hydrogens is 450 g/mol. The van der Waals surface area contributed by atoms with Crippen molar-refractivity contribution in [3.05, 3.63) is 29.8 Å². The van der Waals surface area contributed by atoms with Gasteiger partial charge in [0.1, 0.15) is 17.8 Å². The number of amides is 1. The molecule has 1 fully saturated rings. The number of esters is 1. The predicted octanol–water partition coefficient (Wildman–Crippen LogP) is -1.20. The van der Waals surface area contributed by atoms with Crippen molar-refractivity contribution in [3.63, 3.8) is 0 Å².